The number of carboxylic acid groups (broad SMARTS) is 1. The van der Waals surface area contributed by atoms with Gasteiger partial charge in [-0.3, -0.25) is 0 Å². The second kappa shape index (κ2) is 5.08. The van der Waals surface area contributed by atoms with Crippen molar-refractivity contribution in [2.75, 3.05) is 18.5 Å². The van der Waals surface area contributed by atoms with Gasteiger partial charge in [0.25, 0.3) is 0 Å². The lowest BCUT2D eigenvalue weighted by atomic mass is 9.88. The largest absolute Gasteiger partial charge is 0.478 e. The number of halogens is 1. The molecule has 2 bridgehead atoms. The summed E-state index contributed by atoms with van der Waals surface area (Å²) in [5.74, 6) is 0.579. The molecule has 2 saturated carbocycles. The van der Waals surface area contributed by atoms with Crippen molar-refractivity contribution in [3.63, 3.8) is 0 Å². The zero-order valence-electron chi connectivity index (χ0n) is 11.7. The SMILES string of the molecule is CN(CC1CC2CCC1C2)c1ccc(C(=O)O)c(F)c1. The van der Waals surface area contributed by atoms with E-state index in [4.69, 9.17) is 5.11 Å². The van der Waals surface area contributed by atoms with Gasteiger partial charge in [0.1, 0.15) is 5.82 Å². The van der Waals surface area contributed by atoms with Crippen LogP contribution in [0.3, 0.4) is 0 Å². The minimum absolute atomic E-state index is 0.262. The molecular weight excluding hydrogens is 257 g/mol. The molecule has 3 atom stereocenters. The number of carbonyl (C=O) groups is 1. The number of rotatable bonds is 4. The van der Waals surface area contributed by atoms with Crippen molar-refractivity contribution in [1.82, 2.24) is 0 Å². The summed E-state index contributed by atoms with van der Waals surface area (Å²) in [5.41, 5.74) is 0.498. The quantitative estimate of drug-likeness (QED) is 0.917. The van der Waals surface area contributed by atoms with Gasteiger partial charge in [0.15, 0.2) is 0 Å². The van der Waals surface area contributed by atoms with Gasteiger partial charge >= 0.3 is 5.97 Å². The predicted molar refractivity (Wildman–Crippen MR) is 75.6 cm³/mol. The summed E-state index contributed by atoms with van der Waals surface area (Å²) in [5, 5.41) is 8.84. The van der Waals surface area contributed by atoms with Gasteiger partial charge in [0, 0.05) is 19.3 Å². The molecule has 108 valence electrons. The van der Waals surface area contributed by atoms with Crippen LogP contribution in [0, 0.1) is 23.6 Å². The van der Waals surface area contributed by atoms with Crippen molar-refractivity contribution < 1.29 is 14.3 Å². The third-order valence-corrected chi connectivity index (χ3v) is 5.02. The standard InChI is InChI=1S/C16H20FNO2/c1-18(9-12-7-10-2-3-11(12)6-10)13-4-5-14(16(19)20)15(17)8-13/h4-5,8,10-12H,2-3,6-7,9H2,1H3,(H,19,20). The molecule has 0 aromatic heterocycles. The summed E-state index contributed by atoms with van der Waals surface area (Å²) >= 11 is 0. The van der Waals surface area contributed by atoms with Crippen molar-refractivity contribution in [2.45, 2.75) is 25.7 Å². The number of nitrogens with zero attached hydrogens (tertiary/aromatic N) is 1. The van der Waals surface area contributed by atoms with E-state index in [1.165, 1.54) is 37.8 Å². The average molecular weight is 277 g/mol. The van der Waals surface area contributed by atoms with E-state index in [1.807, 2.05) is 7.05 Å². The third-order valence-electron chi connectivity index (χ3n) is 5.02. The lowest BCUT2D eigenvalue weighted by molar-refractivity contribution is 0.0692. The first kappa shape index (κ1) is 13.4. The molecule has 0 heterocycles. The van der Waals surface area contributed by atoms with Crippen LogP contribution in [-0.2, 0) is 0 Å². The summed E-state index contributed by atoms with van der Waals surface area (Å²) in [7, 11) is 1.96. The maximum absolute atomic E-state index is 13.7. The lowest BCUT2D eigenvalue weighted by Crippen LogP contribution is -2.28. The van der Waals surface area contributed by atoms with Crippen molar-refractivity contribution >= 4 is 11.7 Å². The maximum atomic E-state index is 13.7. The van der Waals surface area contributed by atoms with Gasteiger partial charge in [-0.1, -0.05) is 6.42 Å². The van der Waals surface area contributed by atoms with Crippen LogP contribution >= 0.6 is 0 Å². The number of hydrogen-bond acceptors (Lipinski definition) is 2. The molecule has 2 aliphatic carbocycles. The van der Waals surface area contributed by atoms with Crippen molar-refractivity contribution in [1.29, 1.82) is 0 Å². The van der Waals surface area contributed by atoms with Crippen molar-refractivity contribution in [2.24, 2.45) is 17.8 Å². The summed E-state index contributed by atoms with van der Waals surface area (Å²) in [6.45, 7) is 0.938. The van der Waals surface area contributed by atoms with E-state index in [2.05, 4.69) is 4.90 Å². The molecule has 4 heteroatoms. The highest BCUT2D eigenvalue weighted by atomic mass is 19.1. The smallest absolute Gasteiger partial charge is 0.338 e. The third kappa shape index (κ3) is 2.39. The highest BCUT2D eigenvalue weighted by molar-refractivity contribution is 5.88. The fourth-order valence-electron chi connectivity index (χ4n) is 3.97. The second-order valence-electron chi connectivity index (χ2n) is 6.28. The van der Waals surface area contributed by atoms with Crippen LogP contribution in [0.1, 0.15) is 36.0 Å². The minimum atomic E-state index is -1.22. The van der Waals surface area contributed by atoms with Crippen molar-refractivity contribution in [3.8, 4) is 0 Å². The van der Waals surface area contributed by atoms with Gasteiger partial charge in [-0.05, 0) is 55.2 Å². The predicted octanol–water partition coefficient (Wildman–Crippen LogP) is 3.40. The Kier molecular flexibility index (Phi) is 3.40. The average Bonchev–Trinajstić information content (AvgIpc) is 3.00. The highest BCUT2D eigenvalue weighted by Gasteiger charge is 2.39. The normalized spacial score (nSPS) is 27.8. The topological polar surface area (TPSA) is 40.5 Å². The highest BCUT2D eigenvalue weighted by Crippen LogP contribution is 2.48. The van der Waals surface area contributed by atoms with E-state index in [0.717, 1.165) is 24.1 Å². The van der Waals surface area contributed by atoms with Gasteiger partial charge < -0.3 is 10.0 Å². The van der Waals surface area contributed by atoms with Crippen LogP contribution in [0.25, 0.3) is 0 Å². The van der Waals surface area contributed by atoms with E-state index in [1.54, 1.807) is 6.07 Å². The van der Waals surface area contributed by atoms with Crippen molar-refractivity contribution in [3.05, 3.63) is 29.6 Å². The van der Waals surface area contributed by atoms with Crippen LogP contribution in [-0.4, -0.2) is 24.7 Å². The maximum Gasteiger partial charge on any atom is 0.338 e. The molecule has 1 aromatic rings. The zero-order valence-corrected chi connectivity index (χ0v) is 11.7. The van der Waals surface area contributed by atoms with E-state index in [0.29, 0.717) is 5.92 Å². The van der Waals surface area contributed by atoms with Crippen LogP contribution in [0.15, 0.2) is 18.2 Å². The molecule has 0 saturated heterocycles. The Morgan fingerprint density at radius 1 is 1.40 bits per heavy atom. The molecule has 0 radical (unpaired) electrons. The van der Waals surface area contributed by atoms with E-state index < -0.39 is 11.8 Å². The fourth-order valence-corrected chi connectivity index (χ4v) is 3.97. The fraction of sp³-hybridized carbons (Fsp3) is 0.562. The molecule has 2 aliphatic rings. The molecule has 20 heavy (non-hydrogen) atoms. The number of fused-ring (bicyclic) bond motifs is 2. The molecule has 2 fully saturated rings. The minimum Gasteiger partial charge on any atom is -0.478 e. The summed E-state index contributed by atoms with van der Waals surface area (Å²) < 4.78 is 13.7. The summed E-state index contributed by atoms with van der Waals surface area (Å²) in [6, 6.07) is 4.38. The number of carboxylic acids is 1. The van der Waals surface area contributed by atoms with E-state index in [9.17, 15) is 9.18 Å². The Bertz CT molecular complexity index is 531. The number of aromatic carboxylic acids is 1. The van der Waals surface area contributed by atoms with Gasteiger partial charge in [-0.2, -0.15) is 0 Å². The Morgan fingerprint density at radius 2 is 2.20 bits per heavy atom. The molecular formula is C16H20FNO2. The lowest BCUT2D eigenvalue weighted by Gasteiger charge is -2.28. The molecule has 1 aromatic carbocycles. The number of benzene rings is 1. The van der Waals surface area contributed by atoms with Crippen LogP contribution in [0.5, 0.6) is 0 Å². The zero-order chi connectivity index (χ0) is 14.3. The van der Waals surface area contributed by atoms with Gasteiger partial charge in [0.2, 0.25) is 0 Å². The molecule has 3 nitrogen and oxygen atoms in total. The number of anilines is 1. The monoisotopic (exact) mass is 277 g/mol. The molecule has 3 unspecified atom stereocenters. The Labute approximate surface area is 118 Å². The molecule has 1 N–H and O–H groups in total. The molecule has 0 aliphatic heterocycles. The first-order chi connectivity index (χ1) is 9.54. The first-order valence-corrected chi connectivity index (χ1v) is 7.28. The number of hydrogen-bond donors (Lipinski definition) is 1. The van der Waals surface area contributed by atoms with E-state index in [-0.39, 0.29) is 5.56 Å². The molecule has 0 spiro atoms. The molecule has 3 rings (SSSR count). The first-order valence-electron chi connectivity index (χ1n) is 7.28. The summed E-state index contributed by atoms with van der Waals surface area (Å²) in [4.78, 5) is 12.9. The summed E-state index contributed by atoms with van der Waals surface area (Å²) in [6.07, 6.45) is 5.39. The Balaban J connectivity index is 1.69. The van der Waals surface area contributed by atoms with Gasteiger partial charge in [-0.15, -0.1) is 0 Å². The Hall–Kier alpha value is -1.58. The van der Waals surface area contributed by atoms with E-state index >= 15 is 0 Å². The second-order valence-corrected chi connectivity index (χ2v) is 6.28. The van der Waals surface area contributed by atoms with Gasteiger partial charge in [-0.25, -0.2) is 9.18 Å². The van der Waals surface area contributed by atoms with Gasteiger partial charge in [0.05, 0.1) is 5.56 Å². The van der Waals surface area contributed by atoms with Crippen LogP contribution < -0.4 is 4.90 Å². The Morgan fingerprint density at radius 3 is 2.75 bits per heavy atom. The van der Waals surface area contributed by atoms with Crippen LogP contribution in [0.2, 0.25) is 0 Å². The molecule has 0 amide bonds. The van der Waals surface area contributed by atoms with Crippen LogP contribution in [0.4, 0.5) is 10.1 Å².